The summed E-state index contributed by atoms with van der Waals surface area (Å²) in [6.45, 7) is 1.28. The smallest absolute Gasteiger partial charge is 0.446 e. The van der Waals surface area contributed by atoms with Gasteiger partial charge in [-0.25, -0.2) is 4.79 Å². The van der Waals surface area contributed by atoms with Gasteiger partial charge < -0.3 is 29.6 Å². The lowest BCUT2D eigenvalue weighted by Crippen LogP contribution is -2.41. The molecule has 14 heteroatoms. The first-order valence-corrected chi connectivity index (χ1v) is 10.3. The number of aromatic nitrogens is 2. The lowest BCUT2D eigenvalue weighted by atomic mass is 9.99. The quantitative estimate of drug-likeness (QED) is 0.446. The molecule has 1 aromatic heterocycles. The molecule has 184 valence electrons. The molecule has 1 atom stereocenters. The molecule has 1 aromatic carbocycles. The van der Waals surface area contributed by atoms with Crippen molar-refractivity contribution in [1.29, 1.82) is 0 Å². The van der Waals surface area contributed by atoms with E-state index in [1.165, 1.54) is 40.7 Å². The normalized spacial score (nSPS) is 15.9. The molecule has 1 aliphatic rings. The number of benzene rings is 1. The average molecular weight is 505 g/mol. The van der Waals surface area contributed by atoms with E-state index in [0.29, 0.717) is 18.5 Å². The minimum absolute atomic E-state index is 0.190. The first kappa shape index (κ1) is 25.3. The molecular formula is C20H20ClF3N4O6. The molecule has 2 heterocycles. The number of ether oxygens (including phenoxy) is 2. The molecule has 0 bridgehead atoms. The van der Waals surface area contributed by atoms with E-state index in [2.05, 4.69) is 9.72 Å². The Hall–Kier alpha value is -3.32. The number of hydrogen-bond acceptors (Lipinski definition) is 7. The largest absolute Gasteiger partial charge is 0.573 e. The van der Waals surface area contributed by atoms with Crippen LogP contribution in [0.2, 0.25) is 5.28 Å². The van der Waals surface area contributed by atoms with Crippen LogP contribution in [0.3, 0.4) is 0 Å². The maximum Gasteiger partial charge on any atom is 0.573 e. The van der Waals surface area contributed by atoms with Crippen LogP contribution in [0.5, 0.6) is 5.75 Å². The van der Waals surface area contributed by atoms with Crippen molar-refractivity contribution in [2.24, 2.45) is 0 Å². The minimum atomic E-state index is -4.76. The van der Waals surface area contributed by atoms with Gasteiger partial charge in [0.15, 0.2) is 0 Å². The van der Waals surface area contributed by atoms with Crippen LogP contribution in [0.25, 0.3) is 5.57 Å². The lowest BCUT2D eigenvalue weighted by molar-refractivity contribution is -0.389. The van der Waals surface area contributed by atoms with Crippen molar-refractivity contribution < 1.29 is 37.5 Å². The average Bonchev–Trinajstić information content (AvgIpc) is 3.11. The van der Waals surface area contributed by atoms with Gasteiger partial charge in [-0.2, -0.15) is 0 Å². The molecule has 0 saturated carbocycles. The van der Waals surface area contributed by atoms with E-state index >= 15 is 0 Å². The molecule has 1 amide bonds. The second-order valence-electron chi connectivity index (χ2n) is 7.80. The molecule has 0 saturated heterocycles. The summed E-state index contributed by atoms with van der Waals surface area (Å²) >= 11 is 5.84. The second-order valence-corrected chi connectivity index (χ2v) is 8.14. The molecule has 10 nitrogen and oxygen atoms in total. The van der Waals surface area contributed by atoms with Crippen LogP contribution >= 0.6 is 11.6 Å². The molecular weight excluding hydrogens is 485 g/mol. The van der Waals surface area contributed by atoms with Crippen LogP contribution in [0, 0.1) is 10.1 Å². The van der Waals surface area contributed by atoms with Gasteiger partial charge in [0.2, 0.25) is 0 Å². The van der Waals surface area contributed by atoms with Crippen LogP contribution in [-0.2, 0) is 11.3 Å². The van der Waals surface area contributed by atoms with Gasteiger partial charge in [0.1, 0.15) is 24.2 Å². The van der Waals surface area contributed by atoms with Crippen molar-refractivity contribution in [1.82, 2.24) is 14.5 Å². The zero-order valence-electron chi connectivity index (χ0n) is 17.8. The van der Waals surface area contributed by atoms with Crippen LogP contribution in [0.1, 0.15) is 18.9 Å². The predicted octanol–water partition coefficient (Wildman–Crippen LogP) is 4.02. The lowest BCUT2D eigenvalue weighted by Gasteiger charge is -2.28. The Kier molecular flexibility index (Phi) is 7.36. The zero-order chi connectivity index (χ0) is 25.1. The van der Waals surface area contributed by atoms with Gasteiger partial charge >= 0.3 is 23.6 Å². The molecule has 0 spiro atoms. The number of nitrogens with zero attached hydrogens (tertiary/aromatic N) is 4. The molecule has 0 aliphatic carbocycles. The number of amides is 1. The van der Waals surface area contributed by atoms with Crippen molar-refractivity contribution in [3.8, 4) is 5.75 Å². The van der Waals surface area contributed by atoms with Gasteiger partial charge in [-0.15, -0.1) is 13.2 Å². The number of hydrogen-bond donors (Lipinski definition) is 1. The summed E-state index contributed by atoms with van der Waals surface area (Å²) < 4.78 is 47.0. The maximum atomic E-state index is 12.4. The van der Waals surface area contributed by atoms with Crippen molar-refractivity contribution in [2.45, 2.75) is 31.9 Å². The topological polar surface area (TPSA) is 120 Å². The Labute approximate surface area is 196 Å². The third-order valence-electron chi connectivity index (χ3n) is 4.85. The molecule has 34 heavy (non-hydrogen) atoms. The van der Waals surface area contributed by atoms with Crippen LogP contribution in [0.4, 0.5) is 23.8 Å². The Morgan fingerprint density at radius 1 is 1.32 bits per heavy atom. The van der Waals surface area contributed by atoms with E-state index in [1.807, 2.05) is 0 Å². The Morgan fingerprint density at radius 2 is 2.00 bits per heavy atom. The summed E-state index contributed by atoms with van der Waals surface area (Å²) in [5.74, 6) is -0.798. The molecule has 0 unspecified atom stereocenters. The fourth-order valence-electron chi connectivity index (χ4n) is 3.27. The van der Waals surface area contributed by atoms with Crippen LogP contribution in [0.15, 0.2) is 36.5 Å². The number of carbonyl (C=O) groups excluding carboxylic acids is 1. The Morgan fingerprint density at radius 3 is 2.53 bits per heavy atom. The first-order valence-electron chi connectivity index (χ1n) is 9.89. The number of alkyl halides is 3. The van der Waals surface area contributed by atoms with Crippen LogP contribution in [-0.4, -0.2) is 62.2 Å². The van der Waals surface area contributed by atoms with Gasteiger partial charge in [-0.05, 0) is 58.1 Å². The maximum absolute atomic E-state index is 12.4. The van der Waals surface area contributed by atoms with E-state index < -0.39 is 35.4 Å². The molecule has 0 fully saturated rings. The highest BCUT2D eigenvalue weighted by Gasteiger charge is 2.31. The van der Waals surface area contributed by atoms with Crippen molar-refractivity contribution in [2.75, 3.05) is 19.7 Å². The number of rotatable bonds is 7. The summed E-state index contributed by atoms with van der Waals surface area (Å²) in [7, 11) is 0. The van der Waals surface area contributed by atoms with Crippen molar-refractivity contribution in [3.05, 3.63) is 57.5 Å². The monoisotopic (exact) mass is 504 g/mol. The number of nitro groups is 1. The minimum Gasteiger partial charge on any atom is -0.446 e. The Balaban J connectivity index is 1.52. The second kappa shape index (κ2) is 9.89. The zero-order valence-corrected chi connectivity index (χ0v) is 18.5. The predicted molar refractivity (Wildman–Crippen MR) is 113 cm³/mol. The van der Waals surface area contributed by atoms with Gasteiger partial charge in [-0.1, -0.05) is 18.2 Å². The van der Waals surface area contributed by atoms with E-state index in [4.69, 9.17) is 16.3 Å². The van der Waals surface area contributed by atoms with Crippen molar-refractivity contribution >= 4 is 29.1 Å². The third-order valence-corrected chi connectivity index (χ3v) is 5.15. The number of halogens is 4. The summed E-state index contributed by atoms with van der Waals surface area (Å²) in [6, 6.07) is 5.44. The number of imidazole rings is 1. The molecule has 1 aliphatic heterocycles. The van der Waals surface area contributed by atoms with Gasteiger partial charge in [0.05, 0.1) is 6.54 Å². The Bertz CT molecular complexity index is 1080. The highest BCUT2D eigenvalue weighted by molar-refractivity contribution is 6.28. The molecule has 1 N–H and O–H groups in total. The third kappa shape index (κ3) is 6.84. The van der Waals surface area contributed by atoms with E-state index in [-0.39, 0.29) is 24.1 Å². The van der Waals surface area contributed by atoms with E-state index in [0.717, 1.165) is 11.8 Å². The van der Waals surface area contributed by atoms with Crippen LogP contribution < -0.4 is 4.74 Å². The number of carbonyl (C=O) groups is 1. The fourth-order valence-corrected chi connectivity index (χ4v) is 3.46. The van der Waals surface area contributed by atoms with Gasteiger partial charge in [0, 0.05) is 13.1 Å². The molecule has 2 aromatic rings. The highest BCUT2D eigenvalue weighted by Crippen LogP contribution is 2.27. The highest BCUT2D eigenvalue weighted by atomic mass is 35.5. The first-order chi connectivity index (χ1) is 15.8. The van der Waals surface area contributed by atoms with Gasteiger partial charge in [0.25, 0.3) is 0 Å². The van der Waals surface area contributed by atoms with Gasteiger partial charge in [-0.3, -0.25) is 4.57 Å². The summed E-state index contributed by atoms with van der Waals surface area (Å²) in [4.78, 5) is 27.4. The van der Waals surface area contributed by atoms with Crippen molar-refractivity contribution in [3.63, 3.8) is 0 Å². The molecule has 0 radical (unpaired) electrons. The van der Waals surface area contributed by atoms with E-state index in [1.54, 1.807) is 6.08 Å². The molecule has 3 rings (SSSR count). The standard InChI is InChI=1S/C20H20ClF3N4O6/c1-19(30,11-27-10-16(28(31)32)25-17(27)21)12-33-18(29)26-8-6-14(7-9-26)13-2-4-15(5-3-13)34-20(22,23)24/h2-6,10,30H,7-9,11-12H2,1H3/t19-/m1/s1. The SMILES string of the molecule is C[C@](O)(COC(=O)N1CC=C(c2ccc(OC(F)(F)F)cc2)CC1)Cn1cc([N+](=O)[O-])nc1Cl. The summed E-state index contributed by atoms with van der Waals surface area (Å²) in [5.41, 5.74) is -0.0204. The fraction of sp³-hybridized carbons (Fsp3) is 0.400. The number of aliphatic hydroxyl groups is 1. The summed E-state index contributed by atoms with van der Waals surface area (Å²) in [6.07, 6.45) is -2.17. The van der Waals surface area contributed by atoms with E-state index in [9.17, 15) is 33.2 Å². The summed E-state index contributed by atoms with van der Waals surface area (Å²) in [5, 5.41) is 21.1.